The molecule has 0 aliphatic carbocycles. The number of hydrogen-bond donors (Lipinski definition) is 0. The van der Waals surface area contributed by atoms with E-state index in [4.69, 9.17) is 9.47 Å². The van der Waals surface area contributed by atoms with Crippen LogP contribution in [-0.2, 0) is 9.47 Å². The van der Waals surface area contributed by atoms with Gasteiger partial charge in [0.25, 0.3) is 0 Å². The summed E-state index contributed by atoms with van der Waals surface area (Å²) >= 11 is 0. The van der Waals surface area contributed by atoms with Gasteiger partial charge in [0.05, 0.1) is 18.0 Å². The Morgan fingerprint density at radius 2 is 2.07 bits per heavy atom. The number of allylic oxidation sites excluding steroid dienone is 1. The molecule has 2 saturated heterocycles. The van der Waals surface area contributed by atoms with Crippen molar-refractivity contribution in [3.05, 3.63) is 12.3 Å². The molecule has 2 aliphatic rings. The third-order valence-electron chi connectivity index (χ3n) is 3.77. The molecule has 2 heteroatoms. The van der Waals surface area contributed by atoms with Crippen molar-refractivity contribution in [2.45, 2.75) is 58.3 Å². The summed E-state index contributed by atoms with van der Waals surface area (Å²) in [6, 6.07) is 0. The average Bonchev–Trinajstić information content (AvgIpc) is 2.16. The van der Waals surface area contributed by atoms with Crippen molar-refractivity contribution in [3.8, 4) is 0 Å². The van der Waals surface area contributed by atoms with Crippen LogP contribution in [0.3, 0.4) is 0 Å². The highest BCUT2D eigenvalue weighted by atomic mass is 16.6. The van der Waals surface area contributed by atoms with Gasteiger partial charge in [-0.3, -0.25) is 0 Å². The van der Waals surface area contributed by atoms with Crippen LogP contribution in [0.25, 0.3) is 0 Å². The Morgan fingerprint density at radius 3 is 2.73 bits per heavy atom. The summed E-state index contributed by atoms with van der Waals surface area (Å²) in [5.41, 5.74) is 0. The van der Waals surface area contributed by atoms with Gasteiger partial charge in [0.2, 0.25) is 0 Å². The Morgan fingerprint density at radius 1 is 1.33 bits per heavy atom. The summed E-state index contributed by atoms with van der Waals surface area (Å²) in [6.45, 7) is 10.6. The van der Waals surface area contributed by atoms with E-state index in [0.29, 0.717) is 17.9 Å². The molecule has 0 N–H and O–H groups in total. The highest BCUT2D eigenvalue weighted by molar-refractivity contribution is 4.99. The predicted octanol–water partition coefficient (Wildman–Crippen LogP) is 3.13. The smallest absolute Gasteiger partial charge is 0.125 e. The van der Waals surface area contributed by atoms with Gasteiger partial charge in [-0.05, 0) is 24.7 Å². The van der Waals surface area contributed by atoms with Gasteiger partial charge < -0.3 is 9.47 Å². The average molecular weight is 210 g/mol. The topological polar surface area (TPSA) is 18.5 Å². The van der Waals surface area contributed by atoms with E-state index in [2.05, 4.69) is 27.4 Å². The molecule has 0 spiro atoms. The van der Waals surface area contributed by atoms with E-state index in [9.17, 15) is 0 Å². The number of hydrogen-bond acceptors (Lipinski definition) is 2. The minimum atomic E-state index is 0.249. The zero-order valence-corrected chi connectivity index (χ0v) is 10.0. The van der Waals surface area contributed by atoms with Crippen LogP contribution in [0.1, 0.15) is 40.0 Å². The molecule has 2 rings (SSSR count). The lowest BCUT2D eigenvalue weighted by Gasteiger charge is -2.46. The molecule has 0 radical (unpaired) electrons. The molecule has 0 aromatic heterocycles. The SMILES string of the molecule is C=C1C[C@H](C)[C@@H]2O[C@H](CC)[C@H](C)C[C@@H]2O1. The Hall–Kier alpha value is -0.500. The molecule has 2 nitrogen and oxygen atoms in total. The second-order valence-electron chi connectivity index (χ2n) is 5.14. The van der Waals surface area contributed by atoms with Crippen LogP contribution >= 0.6 is 0 Å². The van der Waals surface area contributed by atoms with Gasteiger partial charge in [-0.1, -0.05) is 27.4 Å². The van der Waals surface area contributed by atoms with Gasteiger partial charge in [-0.15, -0.1) is 0 Å². The first-order valence-corrected chi connectivity index (χ1v) is 6.11. The Kier molecular flexibility index (Phi) is 3.06. The second kappa shape index (κ2) is 4.17. The molecule has 0 aromatic carbocycles. The lowest BCUT2D eigenvalue weighted by Crippen LogP contribution is -2.49. The summed E-state index contributed by atoms with van der Waals surface area (Å²) in [4.78, 5) is 0. The molecular weight excluding hydrogens is 188 g/mol. The summed E-state index contributed by atoms with van der Waals surface area (Å²) in [5.74, 6) is 2.10. The molecule has 0 unspecified atom stereocenters. The maximum absolute atomic E-state index is 6.15. The van der Waals surface area contributed by atoms with Crippen molar-refractivity contribution in [1.29, 1.82) is 0 Å². The van der Waals surface area contributed by atoms with Crippen LogP contribution in [0.4, 0.5) is 0 Å². The Labute approximate surface area is 92.6 Å². The predicted molar refractivity (Wildman–Crippen MR) is 60.5 cm³/mol. The molecule has 0 bridgehead atoms. The first-order chi connectivity index (χ1) is 7.11. The van der Waals surface area contributed by atoms with E-state index in [0.717, 1.165) is 25.0 Å². The van der Waals surface area contributed by atoms with Gasteiger partial charge >= 0.3 is 0 Å². The van der Waals surface area contributed by atoms with Crippen molar-refractivity contribution in [2.75, 3.05) is 0 Å². The van der Waals surface area contributed by atoms with E-state index >= 15 is 0 Å². The fourth-order valence-corrected chi connectivity index (χ4v) is 2.93. The summed E-state index contributed by atoms with van der Waals surface area (Å²) in [7, 11) is 0. The summed E-state index contributed by atoms with van der Waals surface area (Å²) in [5, 5.41) is 0. The van der Waals surface area contributed by atoms with Crippen LogP contribution in [0, 0.1) is 11.8 Å². The molecule has 2 heterocycles. The molecule has 0 aromatic rings. The largest absolute Gasteiger partial charge is 0.493 e. The molecular formula is C13H22O2. The van der Waals surface area contributed by atoms with E-state index in [1.807, 2.05) is 0 Å². The van der Waals surface area contributed by atoms with Gasteiger partial charge in [-0.2, -0.15) is 0 Å². The van der Waals surface area contributed by atoms with Crippen molar-refractivity contribution < 1.29 is 9.47 Å². The summed E-state index contributed by atoms with van der Waals surface area (Å²) in [6.07, 6.45) is 4.13. The number of fused-ring (bicyclic) bond motifs is 1. The van der Waals surface area contributed by atoms with Gasteiger partial charge in [0.15, 0.2) is 0 Å². The first-order valence-electron chi connectivity index (χ1n) is 6.11. The van der Waals surface area contributed by atoms with Crippen LogP contribution in [-0.4, -0.2) is 18.3 Å². The normalized spacial score (nSPS) is 45.8. The van der Waals surface area contributed by atoms with E-state index < -0.39 is 0 Å². The van der Waals surface area contributed by atoms with Crippen molar-refractivity contribution in [2.24, 2.45) is 11.8 Å². The molecule has 15 heavy (non-hydrogen) atoms. The van der Waals surface area contributed by atoms with Crippen molar-refractivity contribution >= 4 is 0 Å². The molecule has 0 amide bonds. The van der Waals surface area contributed by atoms with Crippen molar-refractivity contribution in [1.82, 2.24) is 0 Å². The van der Waals surface area contributed by atoms with E-state index in [1.165, 1.54) is 0 Å². The molecule has 0 saturated carbocycles. The van der Waals surface area contributed by atoms with E-state index in [-0.39, 0.29) is 12.2 Å². The quantitative estimate of drug-likeness (QED) is 0.662. The van der Waals surface area contributed by atoms with Crippen molar-refractivity contribution in [3.63, 3.8) is 0 Å². The van der Waals surface area contributed by atoms with Gasteiger partial charge in [0.1, 0.15) is 6.10 Å². The first kappa shape index (κ1) is 11.0. The fourth-order valence-electron chi connectivity index (χ4n) is 2.93. The van der Waals surface area contributed by atoms with Crippen LogP contribution < -0.4 is 0 Å². The highest BCUT2D eigenvalue weighted by Crippen LogP contribution is 2.38. The Balaban J connectivity index is 2.08. The maximum Gasteiger partial charge on any atom is 0.125 e. The zero-order chi connectivity index (χ0) is 11.0. The minimum absolute atomic E-state index is 0.249. The standard InChI is InChI=1S/C13H22O2/c1-5-11-8(2)7-12-13(15-11)9(3)6-10(4)14-12/h8-9,11-13H,4-7H2,1-3H3/t8-,9+,11-,12+,13+/m1/s1. The highest BCUT2D eigenvalue weighted by Gasteiger charge is 2.42. The maximum atomic E-state index is 6.15. The lowest BCUT2D eigenvalue weighted by atomic mass is 9.83. The fraction of sp³-hybridized carbons (Fsp3) is 0.846. The molecule has 86 valence electrons. The Bertz CT molecular complexity index is 249. The van der Waals surface area contributed by atoms with Crippen LogP contribution in [0.15, 0.2) is 12.3 Å². The van der Waals surface area contributed by atoms with Gasteiger partial charge in [0, 0.05) is 6.42 Å². The summed E-state index contributed by atoms with van der Waals surface area (Å²) < 4.78 is 12.0. The molecule has 5 atom stereocenters. The van der Waals surface area contributed by atoms with Crippen LogP contribution in [0.5, 0.6) is 0 Å². The number of rotatable bonds is 1. The zero-order valence-electron chi connectivity index (χ0n) is 10.0. The van der Waals surface area contributed by atoms with Crippen LogP contribution in [0.2, 0.25) is 0 Å². The monoisotopic (exact) mass is 210 g/mol. The lowest BCUT2D eigenvalue weighted by molar-refractivity contribution is -0.184. The second-order valence-corrected chi connectivity index (χ2v) is 5.14. The van der Waals surface area contributed by atoms with E-state index in [1.54, 1.807) is 0 Å². The molecule has 2 fully saturated rings. The third kappa shape index (κ3) is 2.05. The minimum Gasteiger partial charge on any atom is -0.493 e. The molecule has 2 aliphatic heterocycles. The third-order valence-corrected chi connectivity index (χ3v) is 3.77. The van der Waals surface area contributed by atoms with Gasteiger partial charge in [-0.25, -0.2) is 0 Å². The number of ether oxygens (including phenoxy) is 2.